The molecule has 27 heavy (non-hydrogen) atoms. The van der Waals surface area contributed by atoms with E-state index in [0.29, 0.717) is 34.2 Å². The van der Waals surface area contributed by atoms with Crippen molar-refractivity contribution in [2.45, 2.75) is 13.3 Å². The van der Waals surface area contributed by atoms with Crippen molar-refractivity contribution in [3.05, 3.63) is 71.4 Å². The minimum atomic E-state index is -0.342. The number of rotatable bonds is 5. The van der Waals surface area contributed by atoms with E-state index in [1.54, 1.807) is 61.2 Å². The lowest BCUT2D eigenvalue weighted by molar-refractivity contribution is -0.118. The van der Waals surface area contributed by atoms with Gasteiger partial charge in [0.25, 0.3) is 5.91 Å². The van der Waals surface area contributed by atoms with Gasteiger partial charge in [-0.1, -0.05) is 42.8 Å². The van der Waals surface area contributed by atoms with Crippen molar-refractivity contribution < 1.29 is 9.59 Å². The highest BCUT2D eigenvalue weighted by molar-refractivity contribution is 6.32. The molecule has 0 aliphatic carbocycles. The number of anilines is 2. The molecule has 3 rings (SSSR count). The van der Waals surface area contributed by atoms with Crippen LogP contribution in [0.3, 0.4) is 0 Å². The summed E-state index contributed by atoms with van der Waals surface area (Å²) in [5.41, 5.74) is 1.66. The second kappa shape index (κ2) is 8.05. The largest absolute Gasteiger partial charge is 0.315 e. The molecule has 3 aromatic rings. The molecule has 0 radical (unpaired) electrons. The summed E-state index contributed by atoms with van der Waals surface area (Å²) in [5.74, 6) is -0.0248. The fourth-order valence-corrected chi connectivity index (χ4v) is 2.90. The Bertz CT molecular complexity index is 983. The van der Waals surface area contributed by atoms with E-state index in [2.05, 4.69) is 10.4 Å². The maximum atomic E-state index is 12.7. The van der Waals surface area contributed by atoms with Gasteiger partial charge in [0.1, 0.15) is 0 Å². The summed E-state index contributed by atoms with van der Waals surface area (Å²) in [5, 5.41) is 7.68. The molecule has 0 aliphatic heterocycles. The normalized spacial score (nSPS) is 10.5. The summed E-state index contributed by atoms with van der Waals surface area (Å²) in [6, 6.07) is 15.9. The van der Waals surface area contributed by atoms with Crippen LogP contribution in [0.4, 0.5) is 11.5 Å². The summed E-state index contributed by atoms with van der Waals surface area (Å²) in [6.07, 6.45) is 2.07. The van der Waals surface area contributed by atoms with E-state index in [0.717, 1.165) is 0 Å². The number of benzene rings is 2. The van der Waals surface area contributed by atoms with Gasteiger partial charge in [-0.25, -0.2) is 4.68 Å². The third-order valence-corrected chi connectivity index (χ3v) is 4.44. The van der Waals surface area contributed by atoms with E-state index >= 15 is 0 Å². The van der Waals surface area contributed by atoms with Crippen molar-refractivity contribution in [3.63, 3.8) is 0 Å². The summed E-state index contributed by atoms with van der Waals surface area (Å²) in [4.78, 5) is 26.2. The van der Waals surface area contributed by atoms with Crippen LogP contribution in [0.25, 0.3) is 5.69 Å². The molecule has 1 heterocycles. The Hall–Kier alpha value is -3.12. The molecule has 0 fully saturated rings. The zero-order valence-electron chi connectivity index (χ0n) is 15.0. The number of aromatic nitrogens is 2. The van der Waals surface area contributed by atoms with Crippen molar-refractivity contribution >= 4 is 34.9 Å². The molecule has 0 saturated heterocycles. The molecular weight excluding hydrogens is 364 g/mol. The van der Waals surface area contributed by atoms with Crippen LogP contribution in [0.2, 0.25) is 5.02 Å². The number of hydrogen-bond donors (Lipinski definition) is 1. The Morgan fingerprint density at radius 2 is 1.81 bits per heavy atom. The van der Waals surface area contributed by atoms with Crippen molar-refractivity contribution in [2.75, 3.05) is 17.3 Å². The maximum absolute atomic E-state index is 12.7. The van der Waals surface area contributed by atoms with Crippen LogP contribution in [0.1, 0.15) is 23.7 Å². The highest BCUT2D eigenvalue weighted by Crippen LogP contribution is 2.23. The van der Waals surface area contributed by atoms with E-state index in [9.17, 15) is 9.59 Å². The third-order valence-electron chi connectivity index (χ3n) is 4.12. The van der Waals surface area contributed by atoms with Gasteiger partial charge in [0, 0.05) is 25.7 Å². The Labute approximate surface area is 162 Å². The Morgan fingerprint density at radius 3 is 2.56 bits per heavy atom. The lowest BCUT2D eigenvalue weighted by Crippen LogP contribution is -2.28. The number of carbonyl (C=O) groups excluding carboxylic acids is 2. The number of halogens is 1. The fraction of sp³-hybridized carbons (Fsp3) is 0.150. The average Bonchev–Trinajstić information content (AvgIpc) is 3.15. The van der Waals surface area contributed by atoms with E-state index < -0.39 is 0 Å². The van der Waals surface area contributed by atoms with Crippen LogP contribution in [0.15, 0.2) is 60.8 Å². The first-order chi connectivity index (χ1) is 13.0. The minimum absolute atomic E-state index is 0.0711. The second-order valence-electron chi connectivity index (χ2n) is 5.87. The van der Waals surface area contributed by atoms with E-state index in [1.165, 1.54) is 4.90 Å². The molecule has 0 spiro atoms. The van der Waals surface area contributed by atoms with Gasteiger partial charge in [-0.3, -0.25) is 9.59 Å². The molecule has 0 bridgehead atoms. The molecule has 2 amide bonds. The van der Waals surface area contributed by atoms with Gasteiger partial charge >= 0.3 is 0 Å². The monoisotopic (exact) mass is 382 g/mol. The molecule has 2 aromatic carbocycles. The van der Waals surface area contributed by atoms with Gasteiger partial charge in [0.05, 0.1) is 22.0 Å². The molecule has 0 unspecified atom stereocenters. The molecule has 7 heteroatoms. The van der Waals surface area contributed by atoms with E-state index in [4.69, 9.17) is 11.6 Å². The summed E-state index contributed by atoms with van der Waals surface area (Å²) >= 11 is 6.18. The lowest BCUT2D eigenvalue weighted by Gasteiger charge is -2.19. The average molecular weight is 383 g/mol. The Kier molecular flexibility index (Phi) is 5.57. The van der Waals surface area contributed by atoms with Crippen molar-refractivity contribution in [1.29, 1.82) is 0 Å². The molecular formula is C20H19ClN4O2. The second-order valence-corrected chi connectivity index (χ2v) is 6.28. The van der Waals surface area contributed by atoms with Crippen LogP contribution in [-0.2, 0) is 4.79 Å². The van der Waals surface area contributed by atoms with Gasteiger partial charge in [-0.2, -0.15) is 0 Å². The standard InChI is InChI=1S/C20H19ClN4O2/c1-3-19(26)24(2)16-10-6-4-8-14(16)20(27)22-18-12-13-25(23-18)17-11-7-5-9-15(17)21/h4-13H,3H2,1-2H3,(H,22,23,27). The van der Waals surface area contributed by atoms with E-state index in [1.807, 2.05) is 18.2 Å². The smallest absolute Gasteiger partial charge is 0.258 e. The minimum Gasteiger partial charge on any atom is -0.315 e. The van der Waals surface area contributed by atoms with Crippen LogP contribution < -0.4 is 10.2 Å². The number of carbonyl (C=O) groups is 2. The highest BCUT2D eigenvalue weighted by Gasteiger charge is 2.18. The molecule has 138 valence electrons. The number of amides is 2. The quantitative estimate of drug-likeness (QED) is 0.720. The number of para-hydroxylation sites is 2. The molecule has 6 nitrogen and oxygen atoms in total. The Morgan fingerprint density at radius 1 is 1.11 bits per heavy atom. The predicted octanol–water partition coefficient (Wildman–Crippen LogP) is 4.15. The van der Waals surface area contributed by atoms with Crippen molar-refractivity contribution in [2.24, 2.45) is 0 Å². The first-order valence-electron chi connectivity index (χ1n) is 8.48. The fourth-order valence-electron chi connectivity index (χ4n) is 2.68. The number of nitrogens with one attached hydrogen (secondary N) is 1. The zero-order chi connectivity index (χ0) is 19.4. The van der Waals surface area contributed by atoms with Gasteiger partial charge in [0.15, 0.2) is 5.82 Å². The van der Waals surface area contributed by atoms with Crippen LogP contribution in [0.5, 0.6) is 0 Å². The predicted molar refractivity (Wildman–Crippen MR) is 107 cm³/mol. The first-order valence-corrected chi connectivity index (χ1v) is 8.86. The topological polar surface area (TPSA) is 67.2 Å². The third kappa shape index (κ3) is 4.01. The van der Waals surface area contributed by atoms with Crippen molar-refractivity contribution in [3.8, 4) is 5.69 Å². The molecule has 0 atom stereocenters. The summed E-state index contributed by atoms with van der Waals surface area (Å²) in [7, 11) is 1.66. The van der Waals surface area contributed by atoms with Gasteiger partial charge in [0.2, 0.25) is 5.91 Å². The van der Waals surface area contributed by atoms with Gasteiger partial charge < -0.3 is 10.2 Å². The maximum Gasteiger partial charge on any atom is 0.258 e. The summed E-state index contributed by atoms with van der Waals surface area (Å²) < 4.78 is 1.59. The highest BCUT2D eigenvalue weighted by atomic mass is 35.5. The molecule has 0 aliphatic rings. The zero-order valence-corrected chi connectivity index (χ0v) is 15.8. The van der Waals surface area contributed by atoms with Crippen LogP contribution in [-0.4, -0.2) is 28.6 Å². The van der Waals surface area contributed by atoms with E-state index in [-0.39, 0.29) is 11.8 Å². The number of nitrogens with zero attached hydrogens (tertiary/aromatic N) is 3. The Balaban J connectivity index is 1.83. The first kappa shape index (κ1) is 18.7. The van der Waals surface area contributed by atoms with Gasteiger partial charge in [-0.15, -0.1) is 5.10 Å². The molecule has 0 saturated carbocycles. The van der Waals surface area contributed by atoms with Crippen LogP contribution >= 0.6 is 11.6 Å². The SMILES string of the molecule is CCC(=O)N(C)c1ccccc1C(=O)Nc1ccn(-c2ccccc2Cl)n1. The number of hydrogen-bond acceptors (Lipinski definition) is 3. The van der Waals surface area contributed by atoms with Gasteiger partial charge in [-0.05, 0) is 24.3 Å². The lowest BCUT2D eigenvalue weighted by atomic mass is 10.1. The molecule has 1 aromatic heterocycles. The molecule has 1 N–H and O–H groups in total. The van der Waals surface area contributed by atoms with Crippen molar-refractivity contribution in [1.82, 2.24) is 9.78 Å². The summed E-state index contributed by atoms with van der Waals surface area (Å²) in [6.45, 7) is 1.78. The van der Waals surface area contributed by atoms with Crippen LogP contribution in [0, 0.1) is 0 Å².